The van der Waals surface area contributed by atoms with Gasteiger partial charge in [0, 0.05) is 46.2 Å². The summed E-state index contributed by atoms with van der Waals surface area (Å²) in [5.41, 5.74) is 1.23. The van der Waals surface area contributed by atoms with Gasteiger partial charge in [-0.25, -0.2) is 4.79 Å². The van der Waals surface area contributed by atoms with Crippen LogP contribution in [-0.2, 0) is 16.1 Å². The number of likely N-dealkylation sites (N-methyl/N-ethyl adjacent to an activating group) is 1. The van der Waals surface area contributed by atoms with Crippen molar-refractivity contribution in [1.82, 2.24) is 19.7 Å². The van der Waals surface area contributed by atoms with E-state index in [1.165, 1.54) is 4.57 Å². The van der Waals surface area contributed by atoms with E-state index in [9.17, 15) is 14.4 Å². The Labute approximate surface area is 145 Å². The van der Waals surface area contributed by atoms with Crippen molar-refractivity contribution in [3.63, 3.8) is 0 Å². The highest BCUT2D eigenvalue weighted by atomic mass is 16.4. The molecule has 134 valence electrons. The maximum Gasteiger partial charge on any atom is 0.419 e. The third-order valence-electron chi connectivity index (χ3n) is 4.49. The standard InChI is InChI=1S/C17H22N4O4/c1-18-15(22)12-19-8-10-20(11-9-19)16(23)6-7-21-13-4-2-3-5-14(13)25-17(21)24/h2-5H,6-12H2,1H3,(H,18,22). The summed E-state index contributed by atoms with van der Waals surface area (Å²) in [5.74, 6) is -0.452. The van der Waals surface area contributed by atoms with Gasteiger partial charge >= 0.3 is 5.76 Å². The van der Waals surface area contributed by atoms with Crippen molar-refractivity contribution in [2.24, 2.45) is 0 Å². The molecule has 2 amide bonds. The van der Waals surface area contributed by atoms with Crippen molar-refractivity contribution in [3.05, 3.63) is 34.8 Å². The molecule has 1 saturated heterocycles. The molecule has 2 heterocycles. The molecule has 1 fully saturated rings. The monoisotopic (exact) mass is 346 g/mol. The van der Waals surface area contributed by atoms with Gasteiger partial charge in [0.1, 0.15) is 0 Å². The highest BCUT2D eigenvalue weighted by Crippen LogP contribution is 2.12. The van der Waals surface area contributed by atoms with Crippen molar-refractivity contribution in [1.29, 1.82) is 0 Å². The van der Waals surface area contributed by atoms with E-state index in [0.717, 1.165) is 0 Å². The number of oxazole rings is 1. The zero-order chi connectivity index (χ0) is 17.8. The lowest BCUT2D eigenvalue weighted by Gasteiger charge is -2.34. The average molecular weight is 346 g/mol. The Morgan fingerprint density at radius 3 is 2.60 bits per heavy atom. The summed E-state index contributed by atoms with van der Waals surface area (Å²) in [4.78, 5) is 39.5. The molecule has 0 unspecified atom stereocenters. The first-order valence-electron chi connectivity index (χ1n) is 8.37. The van der Waals surface area contributed by atoms with E-state index in [4.69, 9.17) is 4.42 Å². The van der Waals surface area contributed by atoms with Gasteiger partial charge in [-0.2, -0.15) is 0 Å². The highest BCUT2D eigenvalue weighted by molar-refractivity contribution is 5.78. The number of hydrogen-bond acceptors (Lipinski definition) is 5. The maximum atomic E-state index is 12.4. The van der Waals surface area contributed by atoms with E-state index in [2.05, 4.69) is 5.32 Å². The fourth-order valence-electron chi connectivity index (χ4n) is 3.03. The second-order valence-electron chi connectivity index (χ2n) is 6.07. The Morgan fingerprint density at radius 1 is 1.16 bits per heavy atom. The van der Waals surface area contributed by atoms with Gasteiger partial charge in [0.2, 0.25) is 11.8 Å². The number of carbonyl (C=O) groups excluding carboxylic acids is 2. The normalized spacial score (nSPS) is 15.5. The van der Waals surface area contributed by atoms with Gasteiger partial charge in [0.05, 0.1) is 12.1 Å². The number of fused-ring (bicyclic) bond motifs is 1. The molecule has 0 bridgehead atoms. The van der Waals surface area contributed by atoms with Crippen molar-refractivity contribution in [2.45, 2.75) is 13.0 Å². The number of piperazine rings is 1. The largest absolute Gasteiger partial charge is 0.419 e. The van der Waals surface area contributed by atoms with Crippen LogP contribution in [0.25, 0.3) is 11.1 Å². The third-order valence-corrected chi connectivity index (χ3v) is 4.49. The molecule has 1 aliphatic rings. The minimum atomic E-state index is -0.440. The van der Waals surface area contributed by atoms with E-state index >= 15 is 0 Å². The molecule has 0 radical (unpaired) electrons. The molecule has 1 aromatic heterocycles. The first-order valence-corrected chi connectivity index (χ1v) is 8.37. The van der Waals surface area contributed by atoms with E-state index in [-0.39, 0.29) is 18.2 Å². The van der Waals surface area contributed by atoms with Gasteiger partial charge in [0.15, 0.2) is 5.58 Å². The lowest BCUT2D eigenvalue weighted by atomic mass is 10.2. The highest BCUT2D eigenvalue weighted by Gasteiger charge is 2.22. The summed E-state index contributed by atoms with van der Waals surface area (Å²) in [5, 5.41) is 2.60. The van der Waals surface area contributed by atoms with Crippen LogP contribution in [0.5, 0.6) is 0 Å². The van der Waals surface area contributed by atoms with Crippen LogP contribution in [0.4, 0.5) is 0 Å². The lowest BCUT2D eigenvalue weighted by Crippen LogP contribution is -2.51. The molecule has 8 nitrogen and oxygen atoms in total. The maximum absolute atomic E-state index is 12.4. The second kappa shape index (κ2) is 7.52. The van der Waals surface area contributed by atoms with E-state index in [0.29, 0.717) is 50.4 Å². The second-order valence-corrected chi connectivity index (χ2v) is 6.07. The zero-order valence-electron chi connectivity index (χ0n) is 14.2. The predicted molar refractivity (Wildman–Crippen MR) is 92.2 cm³/mol. The fraction of sp³-hybridized carbons (Fsp3) is 0.471. The van der Waals surface area contributed by atoms with E-state index < -0.39 is 5.76 Å². The Balaban J connectivity index is 1.54. The van der Waals surface area contributed by atoms with Crippen molar-refractivity contribution < 1.29 is 14.0 Å². The number of benzene rings is 1. The number of aromatic nitrogens is 1. The number of aryl methyl sites for hydroxylation is 1. The van der Waals surface area contributed by atoms with Crippen molar-refractivity contribution >= 4 is 22.9 Å². The first-order chi connectivity index (χ1) is 12.1. The molecule has 0 spiro atoms. The van der Waals surface area contributed by atoms with Crippen LogP contribution in [-0.4, -0.2) is 66.0 Å². The van der Waals surface area contributed by atoms with Gasteiger partial charge in [-0.05, 0) is 12.1 Å². The summed E-state index contributed by atoms with van der Waals surface area (Å²) in [6.07, 6.45) is 0.249. The fourth-order valence-corrected chi connectivity index (χ4v) is 3.03. The van der Waals surface area contributed by atoms with Crippen molar-refractivity contribution in [3.8, 4) is 0 Å². The van der Waals surface area contributed by atoms with Crippen LogP contribution in [0.1, 0.15) is 6.42 Å². The van der Waals surface area contributed by atoms with Gasteiger partial charge in [-0.1, -0.05) is 12.1 Å². The average Bonchev–Trinajstić information content (AvgIpc) is 2.95. The minimum absolute atomic E-state index is 0.0109. The summed E-state index contributed by atoms with van der Waals surface area (Å²) in [7, 11) is 1.61. The van der Waals surface area contributed by atoms with Gasteiger partial charge in [-0.3, -0.25) is 19.1 Å². The van der Waals surface area contributed by atoms with E-state index in [1.807, 2.05) is 17.0 Å². The number of nitrogens with zero attached hydrogens (tertiary/aromatic N) is 3. The zero-order valence-corrected chi connectivity index (χ0v) is 14.2. The molecule has 1 aromatic carbocycles. The molecule has 0 saturated carbocycles. The summed E-state index contributed by atoms with van der Waals surface area (Å²) in [6.45, 7) is 3.19. The minimum Gasteiger partial charge on any atom is -0.408 e. The van der Waals surface area contributed by atoms with Gasteiger partial charge in [-0.15, -0.1) is 0 Å². The molecular weight excluding hydrogens is 324 g/mol. The predicted octanol–water partition coefficient (Wildman–Crippen LogP) is -0.125. The van der Waals surface area contributed by atoms with Crippen molar-refractivity contribution in [2.75, 3.05) is 39.8 Å². The number of rotatable bonds is 5. The van der Waals surface area contributed by atoms with Gasteiger partial charge in [0.25, 0.3) is 0 Å². The topological polar surface area (TPSA) is 87.8 Å². The molecule has 1 N–H and O–H groups in total. The number of para-hydroxylation sites is 2. The lowest BCUT2D eigenvalue weighted by molar-refractivity contribution is -0.133. The molecule has 0 atom stereocenters. The number of hydrogen-bond donors (Lipinski definition) is 1. The number of amides is 2. The summed E-state index contributed by atoms with van der Waals surface area (Å²) >= 11 is 0. The first kappa shape index (κ1) is 17.2. The van der Waals surface area contributed by atoms with Crippen LogP contribution < -0.4 is 11.1 Å². The van der Waals surface area contributed by atoms with Crippen LogP contribution in [0.3, 0.4) is 0 Å². The molecular formula is C17H22N4O4. The summed E-state index contributed by atoms with van der Waals surface area (Å²) < 4.78 is 6.67. The number of carbonyl (C=O) groups is 2. The molecule has 2 aromatic rings. The number of nitrogens with one attached hydrogen (secondary N) is 1. The van der Waals surface area contributed by atoms with Crippen LogP contribution in [0, 0.1) is 0 Å². The SMILES string of the molecule is CNC(=O)CN1CCN(C(=O)CCn2c(=O)oc3ccccc32)CC1. The molecule has 0 aliphatic carbocycles. The summed E-state index contributed by atoms with van der Waals surface area (Å²) in [6, 6.07) is 7.18. The Hall–Kier alpha value is -2.61. The Bertz CT molecular complexity index is 817. The van der Waals surface area contributed by atoms with Gasteiger partial charge < -0.3 is 14.6 Å². The molecule has 3 rings (SSSR count). The smallest absolute Gasteiger partial charge is 0.408 e. The Morgan fingerprint density at radius 2 is 1.88 bits per heavy atom. The quantitative estimate of drug-likeness (QED) is 0.815. The molecule has 8 heteroatoms. The molecule has 1 aliphatic heterocycles. The third kappa shape index (κ3) is 3.90. The Kier molecular flexibility index (Phi) is 5.18. The van der Waals surface area contributed by atoms with Crippen LogP contribution in [0.2, 0.25) is 0 Å². The van der Waals surface area contributed by atoms with Crippen LogP contribution >= 0.6 is 0 Å². The molecule has 25 heavy (non-hydrogen) atoms. The van der Waals surface area contributed by atoms with Crippen LogP contribution in [0.15, 0.2) is 33.5 Å². The van der Waals surface area contributed by atoms with E-state index in [1.54, 1.807) is 24.1 Å².